The Kier molecular flexibility index (Phi) is 10.0. The lowest BCUT2D eigenvalue weighted by molar-refractivity contribution is -0.131. The fourth-order valence-corrected chi connectivity index (χ4v) is 4.00. The zero-order valence-electron chi connectivity index (χ0n) is 18.4. The molecule has 164 valence electrons. The van der Waals surface area contributed by atoms with Gasteiger partial charge >= 0.3 is 5.97 Å². The van der Waals surface area contributed by atoms with Crippen LogP contribution in [0.1, 0.15) is 35.6 Å². The van der Waals surface area contributed by atoms with Gasteiger partial charge in [-0.3, -0.25) is 0 Å². The van der Waals surface area contributed by atoms with Crippen LogP contribution in [0.5, 0.6) is 0 Å². The van der Waals surface area contributed by atoms with E-state index in [1.54, 1.807) is 18.0 Å². The predicted molar refractivity (Wildman–Crippen MR) is 137 cm³/mol. The smallest absolute Gasteiger partial charge is 0.327 e. The van der Waals surface area contributed by atoms with Crippen LogP contribution in [-0.4, -0.2) is 23.5 Å². The highest BCUT2D eigenvalue weighted by molar-refractivity contribution is 7.98. The molecule has 0 aliphatic rings. The third kappa shape index (κ3) is 6.72. The number of hydrogen-bond acceptors (Lipinski definition) is 4. The molecule has 0 radical (unpaired) electrons. The Morgan fingerprint density at radius 2 is 1.66 bits per heavy atom. The molecule has 0 saturated carbocycles. The molecule has 0 amide bonds. The van der Waals surface area contributed by atoms with Crippen LogP contribution in [-0.2, 0) is 4.79 Å². The van der Waals surface area contributed by atoms with Crippen LogP contribution in [0.3, 0.4) is 0 Å². The summed E-state index contributed by atoms with van der Waals surface area (Å²) >= 11 is 1.79. The third-order valence-corrected chi connectivity index (χ3v) is 5.52. The van der Waals surface area contributed by atoms with Crippen LogP contribution in [0.25, 0.3) is 11.1 Å². The monoisotopic (exact) mass is 444 g/mol. The molecule has 3 rings (SSSR count). The molecule has 3 N–H and O–H groups in total. The van der Waals surface area contributed by atoms with Gasteiger partial charge in [0.15, 0.2) is 0 Å². The highest BCUT2D eigenvalue weighted by Gasteiger charge is 2.15. The zero-order chi connectivity index (χ0) is 23.3. The molecule has 0 aliphatic heterocycles. The Morgan fingerprint density at radius 3 is 2.25 bits per heavy atom. The second kappa shape index (κ2) is 13.0. The first-order chi connectivity index (χ1) is 15.5. The minimum Gasteiger partial charge on any atom is -0.478 e. The van der Waals surface area contributed by atoms with E-state index in [0.717, 1.165) is 18.1 Å². The maximum Gasteiger partial charge on any atom is 0.327 e. The molecule has 0 spiro atoms. The number of carbonyl (C=O) groups is 1. The highest BCUT2D eigenvalue weighted by Crippen LogP contribution is 2.37. The lowest BCUT2D eigenvalue weighted by Gasteiger charge is -2.18. The van der Waals surface area contributed by atoms with Gasteiger partial charge in [-0.25, -0.2) is 4.79 Å². The van der Waals surface area contributed by atoms with Crippen molar-refractivity contribution in [1.29, 1.82) is 0 Å². The van der Waals surface area contributed by atoms with Crippen molar-refractivity contribution in [3.63, 3.8) is 0 Å². The van der Waals surface area contributed by atoms with Gasteiger partial charge in [0.1, 0.15) is 0 Å². The van der Waals surface area contributed by atoms with Gasteiger partial charge in [-0.1, -0.05) is 80.2 Å². The van der Waals surface area contributed by atoms with E-state index in [-0.39, 0.29) is 0 Å². The first-order valence-corrected chi connectivity index (χ1v) is 11.4. The molecule has 0 bridgehead atoms. The number of rotatable bonds is 7. The van der Waals surface area contributed by atoms with Gasteiger partial charge < -0.3 is 10.9 Å². The van der Waals surface area contributed by atoms with Crippen molar-refractivity contribution in [2.24, 2.45) is 10.9 Å². The number of nitrogens with two attached hydrogens (primary N) is 1. The van der Waals surface area contributed by atoms with Gasteiger partial charge in [0.2, 0.25) is 0 Å². The van der Waals surface area contributed by atoms with E-state index in [9.17, 15) is 4.79 Å². The average molecular weight is 445 g/mol. The van der Waals surface area contributed by atoms with Crippen LogP contribution >= 0.6 is 11.8 Å². The third-order valence-electron chi connectivity index (χ3n) is 4.72. The number of benzene rings is 3. The highest BCUT2D eigenvalue weighted by atomic mass is 32.2. The molecular weight excluding hydrogens is 416 g/mol. The Labute approximate surface area is 194 Å². The van der Waals surface area contributed by atoms with Gasteiger partial charge in [0, 0.05) is 11.0 Å². The number of carboxylic acid groups (broad SMARTS) is 1. The van der Waals surface area contributed by atoms with Crippen LogP contribution < -0.4 is 5.84 Å². The number of allylic oxidation sites excluding steroid dienone is 1. The van der Waals surface area contributed by atoms with Crippen molar-refractivity contribution in [2.75, 3.05) is 6.26 Å². The van der Waals surface area contributed by atoms with E-state index in [2.05, 4.69) is 97.7 Å². The first kappa shape index (κ1) is 24.7. The van der Waals surface area contributed by atoms with Gasteiger partial charge in [0.05, 0.1) is 6.21 Å². The summed E-state index contributed by atoms with van der Waals surface area (Å²) in [5, 5.41) is 11.3. The van der Waals surface area contributed by atoms with Gasteiger partial charge in [-0.2, -0.15) is 5.10 Å². The number of nitrogens with zero attached hydrogens (tertiary/aromatic N) is 1. The number of thioether (sulfide) groups is 1. The minimum absolute atomic E-state index is 0.833. The van der Waals surface area contributed by atoms with Crippen LogP contribution in [0.2, 0.25) is 0 Å². The largest absolute Gasteiger partial charge is 0.478 e. The van der Waals surface area contributed by atoms with E-state index in [1.807, 2.05) is 6.07 Å². The topological polar surface area (TPSA) is 75.7 Å². The van der Waals surface area contributed by atoms with Crippen molar-refractivity contribution in [3.05, 3.63) is 114 Å². The molecule has 0 heterocycles. The maximum atomic E-state index is 9.25. The number of hydrogen-bond donors (Lipinski definition) is 2. The standard InChI is InChI=1S/C24H24N2S.C3H4O2/c1-3-21(22-14-7-8-15-23(22)27-2)24(19-11-5-4-6-12-19)20-13-9-10-18(16-20)17-26-25;1-2-3(4)5/h4-17H,3,25H2,1-2H3;2H,1H2,(H,4,5)/b24-21+,26-17-;. The molecule has 3 aromatic rings. The lowest BCUT2D eigenvalue weighted by Crippen LogP contribution is -1.97. The molecule has 0 saturated heterocycles. The fourth-order valence-electron chi connectivity index (χ4n) is 3.38. The molecule has 0 aliphatic carbocycles. The Balaban J connectivity index is 0.000000654. The Bertz CT molecular complexity index is 1110. The molecule has 3 aromatic carbocycles. The molecule has 0 atom stereocenters. The summed E-state index contributed by atoms with van der Waals surface area (Å²) in [6, 6.07) is 27.6. The Morgan fingerprint density at radius 1 is 1.03 bits per heavy atom. The molecule has 0 aromatic heterocycles. The SMILES string of the molecule is C=CC(=O)O.CC/C(=C(/c1ccccc1)c1cccc(/C=N\N)c1)c1ccccc1SC. The quantitative estimate of drug-likeness (QED) is 0.112. The average Bonchev–Trinajstić information content (AvgIpc) is 2.83. The number of hydrazone groups is 1. The molecule has 0 unspecified atom stereocenters. The van der Waals surface area contributed by atoms with Crippen molar-refractivity contribution >= 4 is 35.1 Å². The van der Waals surface area contributed by atoms with Crippen LogP contribution in [0.4, 0.5) is 0 Å². The number of aliphatic carboxylic acids is 1. The summed E-state index contributed by atoms with van der Waals surface area (Å²) in [5.41, 5.74) is 7.28. The number of carboxylic acids is 1. The predicted octanol–water partition coefficient (Wildman–Crippen LogP) is 6.33. The van der Waals surface area contributed by atoms with Gasteiger partial charge in [-0.05, 0) is 58.2 Å². The maximum absolute atomic E-state index is 9.25. The van der Waals surface area contributed by atoms with Crippen LogP contribution in [0.15, 0.2) is 102 Å². The molecule has 32 heavy (non-hydrogen) atoms. The molecular formula is C27H28N2O2S. The van der Waals surface area contributed by atoms with Crippen molar-refractivity contribution < 1.29 is 9.90 Å². The van der Waals surface area contributed by atoms with Crippen molar-refractivity contribution in [1.82, 2.24) is 0 Å². The summed E-state index contributed by atoms with van der Waals surface area (Å²) in [6.07, 6.45) is 5.59. The van der Waals surface area contributed by atoms with Gasteiger partial charge in [0.25, 0.3) is 0 Å². The second-order valence-corrected chi connectivity index (χ2v) is 7.57. The van der Waals surface area contributed by atoms with E-state index in [4.69, 9.17) is 10.9 Å². The summed E-state index contributed by atoms with van der Waals surface area (Å²) in [5.74, 6) is 4.39. The molecule has 4 nitrogen and oxygen atoms in total. The second-order valence-electron chi connectivity index (χ2n) is 6.72. The van der Waals surface area contributed by atoms with Crippen LogP contribution in [0, 0.1) is 0 Å². The summed E-state index contributed by atoms with van der Waals surface area (Å²) < 4.78 is 0. The van der Waals surface area contributed by atoms with E-state index < -0.39 is 5.97 Å². The van der Waals surface area contributed by atoms with Crippen molar-refractivity contribution in [2.45, 2.75) is 18.2 Å². The molecule has 5 heteroatoms. The summed E-state index contributed by atoms with van der Waals surface area (Å²) in [7, 11) is 0. The normalized spacial score (nSPS) is 11.3. The Hall–Kier alpha value is -3.57. The molecule has 0 fully saturated rings. The fraction of sp³-hybridized carbons (Fsp3) is 0.111. The van der Waals surface area contributed by atoms with E-state index in [1.165, 1.54) is 32.7 Å². The summed E-state index contributed by atoms with van der Waals surface area (Å²) in [6.45, 7) is 5.18. The van der Waals surface area contributed by atoms with Gasteiger partial charge in [-0.15, -0.1) is 11.8 Å². The first-order valence-electron chi connectivity index (χ1n) is 10.2. The summed E-state index contributed by atoms with van der Waals surface area (Å²) in [4.78, 5) is 10.5. The van der Waals surface area contributed by atoms with E-state index >= 15 is 0 Å². The minimum atomic E-state index is -0.981. The van der Waals surface area contributed by atoms with Crippen molar-refractivity contribution in [3.8, 4) is 0 Å². The zero-order valence-corrected chi connectivity index (χ0v) is 19.2. The lowest BCUT2D eigenvalue weighted by atomic mass is 9.87. The van der Waals surface area contributed by atoms with E-state index in [0.29, 0.717) is 0 Å².